The van der Waals surface area contributed by atoms with Crippen LogP contribution in [-0.2, 0) is 10.3 Å². The Morgan fingerprint density at radius 3 is 2.58 bits per heavy atom. The number of benzene rings is 1. The fourth-order valence-electron chi connectivity index (χ4n) is 1.95. The Hall–Kier alpha value is -0.740. The number of nitrogens with one attached hydrogen (secondary N) is 1. The minimum absolute atomic E-state index is 0.372. The van der Waals surface area contributed by atoms with Crippen LogP contribution in [-0.4, -0.2) is 11.7 Å². The summed E-state index contributed by atoms with van der Waals surface area (Å²) in [5, 5.41) is 3.61. The monoisotopic (exact) mass is 345 g/mol. The summed E-state index contributed by atoms with van der Waals surface area (Å²) in [6, 6.07) is 5.67. The lowest BCUT2D eigenvalue weighted by atomic mass is 10.1. The quantitative estimate of drug-likeness (QED) is 0.849. The summed E-state index contributed by atoms with van der Waals surface area (Å²) >= 11 is 9.65. The molecule has 0 radical (unpaired) electrons. The molecule has 0 aliphatic heterocycles. The van der Waals surface area contributed by atoms with Gasteiger partial charge in [0, 0.05) is 9.50 Å². The average molecular weight is 347 g/mol. The van der Waals surface area contributed by atoms with E-state index in [0.29, 0.717) is 5.02 Å². The summed E-state index contributed by atoms with van der Waals surface area (Å²) in [4.78, 5) is 11.9. The SMILES string of the molecule is CC(C)(C)OC(=O)NC1(c2cc(Br)ccc2Cl)CC1. The highest BCUT2D eigenvalue weighted by Gasteiger charge is 2.47. The minimum atomic E-state index is -0.499. The Labute approximate surface area is 126 Å². The maximum absolute atomic E-state index is 11.9. The number of carbonyl (C=O) groups is 1. The third-order valence-electron chi connectivity index (χ3n) is 2.93. The molecule has 1 amide bonds. The number of amides is 1. The molecule has 1 saturated carbocycles. The van der Waals surface area contributed by atoms with E-state index in [1.165, 1.54) is 0 Å². The maximum Gasteiger partial charge on any atom is 0.408 e. The van der Waals surface area contributed by atoms with E-state index in [9.17, 15) is 4.79 Å². The number of alkyl carbamates (subject to hydrolysis) is 1. The van der Waals surface area contributed by atoms with Crippen molar-refractivity contribution in [2.24, 2.45) is 0 Å². The van der Waals surface area contributed by atoms with Crippen LogP contribution in [0.3, 0.4) is 0 Å². The van der Waals surface area contributed by atoms with E-state index < -0.39 is 11.7 Å². The van der Waals surface area contributed by atoms with Crippen LogP contribution in [0.2, 0.25) is 5.02 Å². The van der Waals surface area contributed by atoms with E-state index in [1.54, 1.807) is 0 Å². The molecule has 1 aromatic carbocycles. The molecular weight excluding hydrogens is 330 g/mol. The second-order valence-electron chi connectivity index (χ2n) is 5.83. The number of ether oxygens (including phenoxy) is 1. The first kappa shape index (κ1) is 14.7. The molecule has 1 aliphatic rings. The summed E-state index contributed by atoms with van der Waals surface area (Å²) in [6.45, 7) is 5.54. The van der Waals surface area contributed by atoms with Crippen molar-refractivity contribution in [2.45, 2.75) is 44.8 Å². The van der Waals surface area contributed by atoms with Crippen molar-refractivity contribution in [3.63, 3.8) is 0 Å². The van der Waals surface area contributed by atoms with Crippen molar-refractivity contribution < 1.29 is 9.53 Å². The zero-order valence-electron chi connectivity index (χ0n) is 11.2. The molecule has 0 aromatic heterocycles. The second-order valence-corrected chi connectivity index (χ2v) is 7.16. The molecular formula is C14H17BrClNO2. The summed E-state index contributed by atoms with van der Waals surface area (Å²) in [7, 11) is 0. The molecule has 19 heavy (non-hydrogen) atoms. The van der Waals surface area contributed by atoms with Crippen molar-refractivity contribution in [2.75, 3.05) is 0 Å². The Bertz CT molecular complexity index is 507. The van der Waals surface area contributed by atoms with Gasteiger partial charge in [0.15, 0.2) is 0 Å². The van der Waals surface area contributed by atoms with Crippen LogP contribution >= 0.6 is 27.5 Å². The third kappa shape index (κ3) is 3.63. The zero-order valence-corrected chi connectivity index (χ0v) is 13.6. The Morgan fingerprint density at radius 2 is 2.05 bits per heavy atom. The molecule has 2 rings (SSSR count). The van der Waals surface area contributed by atoms with Gasteiger partial charge in [0.05, 0.1) is 5.54 Å². The molecule has 0 saturated heterocycles. The molecule has 5 heteroatoms. The van der Waals surface area contributed by atoms with Gasteiger partial charge in [0.25, 0.3) is 0 Å². The third-order valence-corrected chi connectivity index (χ3v) is 3.76. The predicted molar refractivity (Wildman–Crippen MR) is 79.4 cm³/mol. The average Bonchev–Trinajstić information content (AvgIpc) is 2.99. The van der Waals surface area contributed by atoms with Crippen LogP contribution < -0.4 is 5.32 Å². The van der Waals surface area contributed by atoms with Gasteiger partial charge < -0.3 is 10.1 Å². The molecule has 104 valence electrons. The summed E-state index contributed by atoms with van der Waals surface area (Å²) in [6.07, 6.45) is 1.35. The van der Waals surface area contributed by atoms with Crippen LogP contribution in [0.15, 0.2) is 22.7 Å². The molecule has 0 atom stereocenters. The predicted octanol–water partition coefficient (Wildman–Crippen LogP) is 4.62. The first-order valence-electron chi connectivity index (χ1n) is 6.19. The van der Waals surface area contributed by atoms with E-state index in [4.69, 9.17) is 16.3 Å². The van der Waals surface area contributed by atoms with Crippen LogP contribution in [0, 0.1) is 0 Å². The maximum atomic E-state index is 11.9. The lowest BCUT2D eigenvalue weighted by Crippen LogP contribution is -2.39. The molecule has 3 nitrogen and oxygen atoms in total. The van der Waals surface area contributed by atoms with Gasteiger partial charge in [0.2, 0.25) is 0 Å². The van der Waals surface area contributed by atoms with Gasteiger partial charge in [-0.25, -0.2) is 4.79 Å². The standard InChI is InChI=1S/C14H17BrClNO2/c1-13(2,3)19-12(18)17-14(6-7-14)10-8-9(15)4-5-11(10)16/h4-5,8H,6-7H2,1-3H3,(H,17,18). The largest absolute Gasteiger partial charge is 0.444 e. The fraction of sp³-hybridized carbons (Fsp3) is 0.500. The van der Waals surface area contributed by atoms with Gasteiger partial charge in [0.1, 0.15) is 5.60 Å². The van der Waals surface area contributed by atoms with Gasteiger partial charge in [-0.15, -0.1) is 0 Å². The summed E-state index contributed by atoms with van der Waals surface area (Å²) in [5.74, 6) is 0. The Kier molecular flexibility index (Phi) is 3.85. The zero-order chi connectivity index (χ0) is 14.3. The fourth-order valence-corrected chi connectivity index (χ4v) is 2.61. The highest BCUT2D eigenvalue weighted by atomic mass is 79.9. The topological polar surface area (TPSA) is 38.3 Å². The van der Waals surface area contributed by atoms with Gasteiger partial charge in [-0.1, -0.05) is 27.5 Å². The lowest BCUT2D eigenvalue weighted by Gasteiger charge is -2.24. The normalized spacial score (nSPS) is 16.9. The van der Waals surface area contributed by atoms with E-state index in [2.05, 4.69) is 21.2 Å². The number of hydrogen-bond acceptors (Lipinski definition) is 2. The van der Waals surface area contributed by atoms with E-state index in [-0.39, 0.29) is 5.54 Å². The number of rotatable bonds is 2. The van der Waals surface area contributed by atoms with Gasteiger partial charge >= 0.3 is 6.09 Å². The van der Waals surface area contributed by atoms with E-state index >= 15 is 0 Å². The molecule has 0 bridgehead atoms. The molecule has 1 fully saturated rings. The van der Waals surface area contributed by atoms with Crippen LogP contribution in [0.5, 0.6) is 0 Å². The number of carbonyl (C=O) groups excluding carboxylic acids is 1. The highest BCUT2D eigenvalue weighted by Crippen LogP contribution is 2.48. The molecule has 1 N–H and O–H groups in total. The number of halogens is 2. The second kappa shape index (κ2) is 4.98. The molecule has 0 spiro atoms. The molecule has 0 heterocycles. The van der Waals surface area contributed by atoms with Crippen molar-refractivity contribution in [3.05, 3.63) is 33.3 Å². The molecule has 0 unspecified atom stereocenters. The first-order valence-corrected chi connectivity index (χ1v) is 7.36. The van der Waals surface area contributed by atoms with Crippen LogP contribution in [0.1, 0.15) is 39.2 Å². The van der Waals surface area contributed by atoms with Gasteiger partial charge in [-0.3, -0.25) is 0 Å². The van der Waals surface area contributed by atoms with Gasteiger partial charge in [-0.2, -0.15) is 0 Å². The van der Waals surface area contributed by atoms with E-state index in [1.807, 2.05) is 39.0 Å². The number of hydrogen-bond donors (Lipinski definition) is 1. The van der Waals surface area contributed by atoms with Gasteiger partial charge in [-0.05, 0) is 57.4 Å². The van der Waals surface area contributed by atoms with Crippen molar-refractivity contribution in [1.82, 2.24) is 5.32 Å². The van der Waals surface area contributed by atoms with Crippen molar-refractivity contribution in [1.29, 1.82) is 0 Å². The molecule has 1 aromatic rings. The Balaban J connectivity index is 2.15. The van der Waals surface area contributed by atoms with Crippen molar-refractivity contribution >= 4 is 33.6 Å². The van der Waals surface area contributed by atoms with Crippen LogP contribution in [0.25, 0.3) is 0 Å². The smallest absolute Gasteiger partial charge is 0.408 e. The first-order chi connectivity index (χ1) is 8.72. The molecule has 1 aliphatic carbocycles. The van der Waals surface area contributed by atoms with Crippen LogP contribution in [0.4, 0.5) is 4.79 Å². The summed E-state index contributed by atoms with van der Waals surface area (Å²) < 4.78 is 6.25. The lowest BCUT2D eigenvalue weighted by molar-refractivity contribution is 0.0495. The minimum Gasteiger partial charge on any atom is -0.444 e. The summed E-state index contributed by atoms with van der Waals surface area (Å²) in [5.41, 5.74) is 0.0687. The highest BCUT2D eigenvalue weighted by molar-refractivity contribution is 9.10. The van der Waals surface area contributed by atoms with Crippen molar-refractivity contribution in [3.8, 4) is 0 Å². The Morgan fingerprint density at radius 1 is 1.42 bits per heavy atom. The van der Waals surface area contributed by atoms with E-state index in [0.717, 1.165) is 22.9 Å².